The number of aliphatic hydroxyl groups is 1. The lowest BCUT2D eigenvalue weighted by Gasteiger charge is -2.06. The van der Waals surface area contributed by atoms with E-state index in [0.29, 0.717) is 16.8 Å². The van der Waals surface area contributed by atoms with Gasteiger partial charge < -0.3 is 15.2 Å². The van der Waals surface area contributed by atoms with Crippen LogP contribution in [0.15, 0.2) is 48.5 Å². The number of hydrogen-bond acceptors (Lipinski definition) is 4. The number of esters is 1. The Morgan fingerprint density at radius 3 is 2.10 bits per heavy atom. The number of benzene rings is 2. The normalized spacial score (nSPS) is 10.0. The molecule has 0 aliphatic rings. The van der Waals surface area contributed by atoms with Crippen molar-refractivity contribution in [2.75, 3.05) is 12.4 Å². The van der Waals surface area contributed by atoms with Crippen molar-refractivity contribution >= 4 is 17.6 Å². The maximum absolute atomic E-state index is 12.0. The van der Waals surface area contributed by atoms with Crippen LogP contribution < -0.4 is 5.32 Å². The van der Waals surface area contributed by atoms with E-state index in [2.05, 4.69) is 10.1 Å². The Kier molecular flexibility index (Phi) is 4.68. The molecular formula is C16H15NO4. The zero-order valence-electron chi connectivity index (χ0n) is 11.5. The average Bonchev–Trinajstić information content (AvgIpc) is 2.55. The topological polar surface area (TPSA) is 75.6 Å². The van der Waals surface area contributed by atoms with Gasteiger partial charge in [-0.15, -0.1) is 0 Å². The molecule has 108 valence electrons. The number of carbonyl (C=O) groups is 2. The number of aliphatic hydroxyl groups excluding tert-OH is 1. The van der Waals surface area contributed by atoms with Crippen molar-refractivity contribution in [2.45, 2.75) is 6.61 Å². The minimum atomic E-state index is -0.424. The van der Waals surface area contributed by atoms with E-state index in [1.807, 2.05) is 0 Å². The second-order valence-corrected chi connectivity index (χ2v) is 4.38. The third-order valence-electron chi connectivity index (χ3n) is 2.96. The summed E-state index contributed by atoms with van der Waals surface area (Å²) in [4.78, 5) is 23.3. The summed E-state index contributed by atoms with van der Waals surface area (Å²) in [5.41, 5.74) is 2.24. The minimum Gasteiger partial charge on any atom is -0.465 e. The van der Waals surface area contributed by atoms with E-state index in [0.717, 1.165) is 5.56 Å². The van der Waals surface area contributed by atoms with E-state index in [-0.39, 0.29) is 12.5 Å². The van der Waals surface area contributed by atoms with E-state index in [9.17, 15) is 9.59 Å². The predicted octanol–water partition coefficient (Wildman–Crippen LogP) is 2.22. The van der Waals surface area contributed by atoms with E-state index in [4.69, 9.17) is 5.11 Å². The molecule has 0 aromatic heterocycles. The monoisotopic (exact) mass is 285 g/mol. The van der Waals surface area contributed by atoms with Crippen LogP contribution in [0.25, 0.3) is 0 Å². The van der Waals surface area contributed by atoms with Crippen LogP contribution in [0.4, 0.5) is 5.69 Å². The second-order valence-electron chi connectivity index (χ2n) is 4.38. The summed E-state index contributed by atoms with van der Waals surface area (Å²) < 4.78 is 4.60. The van der Waals surface area contributed by atoms with Crippen LogP contribution in [0.3, 0.4) is 0 Å². The minimum absolute atomic E-state index is 0.0586. The molecule has 2 rings (SSSR count). The average molecular weight is 285 g/mol. The van der Waals surface area contributed by atoms with Crippen LogP contribution in [-0.2, 0) is 11.3 Å². The largest absolute Gasteiger partial charge is 0.465 e. The standard InChI is InChI=1S/C16H15NO4/c1-21-16(20)13-6-8-14(9-7-13)17-15(19)12-4-2-11(10-18)3-5-12/h2-9,18H,10H2,1H3,(H,17,19). The molecule has 0 aliphatic carbocycles. The molecule has 21 heavy (non-hydrogen) atoms. The van der Waals surface area contributed by atoms with Crippen LogP contribution in [-0.4, -0.2) is 24.1 Å². The van der Waals surface area contributed by atoms with Crippen molar-refractivity contribution in [3.63, 3.8) is 0 Å². The van der Waals surface area contributed by atoms with Gasteiger partial charge in [-0.25, -0.2) is 4.79 Å². The number of anilines is 1. The molecule has 0 radical (unpaired) electrons. The molecule has 2 aromatic rings. The lowest BCUT2D eigenvalue weighted by Crippen LogP contribution is -2.12. The lowest BCUT2D eigenvalue weighted by atomic mass is 10.1. The van der Waals surface area contributed by atoms with Gasteiger partial charge in [-0.1, -0.05) is 12.1 Å². The Hall–Kier alpha value is -2.66. The van der Waals surface area contributed by atoms with Gasteiger partial charge in [0, 0.05) is 11.3 Å². The SMILES string of the molecule is COC(=O)c1ccc(NC(=O)c2ccc(CO)cc2)cc1. The Balaban J connectivity index is 2.06. The first-order valence-corrected chi connectivity index (χ1v) is 6.33. The molecule has 0 saturated carbocycles. The molecule has 0 heterocycles. The molecule has 0 bridgehead atoms. The number of carbonyl (C=O) groups excluding carboxylic acids is 2. The molecule has 1 amide bonds. The van der Waals surface area contributed by atoms with Crippen molar-refractivity contribution < 1.29 is 19.4 Å². The number of rotatable bonds is 4. The second kappa shape index (κ2) is 6.67. The summed E-state index contributed by atoms with van der Waals surface area (Å²) in [6.45, 7) is -0.0586. The van der Waals surface area contributed by atoms with Crippen LogP contribution in [0.1, 0.15) is 26.3 Å². The van der Waals surface area contributed by atoms with Crippen molar-refractivity contribution in [2.24, 2.45) is 0 Å². The van der Waals surface area contributed by atoms with Gasteiger partial charge >= 0.3 is 5.97 Å². The first-order chi connectivity index (χ1) is 10.1. The van der Waals surface area contributed by atoms with Gasteiger partial charge in [0.2, 0.25) is 0 Å². The molecule has 0 aliphatic heterocycles. The fourth-order valence-electron chi connectivity index (χ4n) is 1.77. The van der Waals surface area contributed by atoms with Crippen LogP contribution in [0.2, 0.25) is 0 Å². The Bertz CT molecular complexity index is 632. The molecule has 0 spiro atoms. The third-order valence-corrected chi connectivity index (χ3v) is 2.96. The van der Waals surface area contributed by atoms with Gasteiger partial charge in [0.15, 0.2) is 0 Å². The first kappa shape index (κ1) is 14.7. The van der Waals surface area contributed by atoms with Gasteiger partial charge in [0.25, 0.3) is 5.91 Å². The molecule has 5 heteroatoms. The molecule has 5 nitrogen and oxygen atoms in total. The van der Waals surface area contributed by atoms with E-state index in [1.54, 1.807) is 48.5 Å². The molecule has 2 aromatic carbocycles. The van der Waals surface area contributed by atoms with Gasteiger partial charge in [0.05, 0.1) is 19.3 Å². The molecule has 0 saturated heterocycles. The predicted molar refractivity (Wildman–Crippen MR) is 78.1 cm³/mol. The summed E-state index contributed by atoms with van der Waals surface area (Å²) in [6.07, 6.45) is 0. The quantitative estimate of drug-likeness (QED) is 0.845. The maximum atomic E-state index is 12.0. The van der Waals surface area contributed by atoms with Crippen molar-refractivity contribution in [3.05, 3.63) is 65.2 Å². The molecule has 2 N–H and O–H groups in total. The number of amides is 1. The van der Waals surface area contributed by atoms with E-state index < -0.39 is 5.97 Å². The summed E-state index contributed by atoms with van der Waals surface area (Å²) in [5, 5.41) is 11.7. The molecule has 0 atom stereocenters. The van der Waals surface area contributed by atoms with E-state index in [1.165, 1.54) is 7.11 Å². The Morgan fingerprint density at radius 2 is 1.57 bits per heavy atom. The fourth-order valence-corrected chi connectivity index (χ4v) is 1.77. The van der Waals surface area contributed by atoms with Crippen molar-refractivity contribution in [3.8, 4) is 0 Å². The van der Waals surface area contributed by atoms with Crippen LogP contribution in [0, 0.1) is 0 Å². The maximum Gasteiger partial charge on any atom is 0.337 e. The van der Waals surface area contributed by atoms with E-state index >= 15 is 0 Å². The zero-order valence-corrected chi connectivity index (χ0v) is 11.5. The highest BCUT2D eigenvalue weighted by molar-refractivity contribution is 6.04. The molecule has 0 fully saturated rings. The third kappa shape index (κ3) is 3.67. The first-order valence-electron chi connectivity index (χ1n) is 6.33. The highest BCUT2D eigenvalue weighted by Gasteiger charge is 2.08. The van der Waals surface area contributed by atoms with Gasteiger partial charge in [-0.2, -0.15) is 0 Å². The highest BCUT2D eigenvalue weighted by atomic mass is 16.5. The smallest absolute Gasteiger partial charge is 0.337 e. The Morgan fingerprint density at radius 1 is 1.00 bits per heavy atom. The lowest BCUT2D eigenvalue weighted by molar-refractivity contribution is 0.0600. The fraction of sp³-hybridized carbons (Fsp3) is 0.125. The number of methoxy groups -OCH3 is 1. The van der Waals surface area contributed by atoms with Crippen LogP contribution in [0.5, 0.6) is 0 Å². The summed E-state index contributed by atoms with van der Waals surface area (Å²) in [5.74, 6) is -0.683. The van der Waals surface area contributed by atoms with Crippen molar-refractivity contribution in [1.29, 1.82) is 0 Å². The highest BCUT2D eigenvalue weighted by Crippen LogP contribution is 2.12. The van der Waals surface area contributed by atoms with Crippen LogP contribution >= 0.6 is 0 Å². The van der Waals surface area contributed by atoms with Gasteiger partial charge in [-0.05, 0) is 42.0 Å². The van der Waals surface area contributed by atoms with Gasteiger partial charge in [-0.3, -0.25) is 4.79 Å². The Labute approximate surface area is 122 Å². The van der Waals surface area contributed by atoms with Crippen molar-refractivity contribution in [1.82, 2.24) is 0 Å². The summed E-state index contributed by atoms with van der Waals surface area (Å²) in [7, 11) is 1.31. The summed E-state index contributed by atoms with van der Waals surface area (Å²) >= 11 is 0. The number of hydrogen-bond donors (Lipinski definition) is 2. The number of nitrogens with one attached hydrogen (secondary N) is 1. The summed E-state index contributed by atoms with van der Waals surface area (Å²) in [6, 6.07) is 13.1. The molecular weight excluding hydrogens is 270 g/mol. The van der Waals surface area contributed by atoms with Gasteiger partial charge in [0.1, 0.15) is 0 Å². The zero-order chi connectivity index (χ0) is 15.2. The number of ether oxygens (including phenoxy) is 1. The molecule has 0 unspecified atom stereocenters.